The zero-order valence-electron chi connectivity index (χ0n) is 13.7. The molecule has 0 fully saturated rings. The Morgan fingerprint density at radius 3 is 2.59 bits per heavy atom. The third-order valence-corrected chi connectivity index (χ3v) is 3.65. The summed E-state index contributed by atoms with van der Waals surface area (Å²) in [6.45, 7) is 8.72. The molecule has 0 bridgehead atoms. The van der Waals surface area contributed by atoms with Gasteiger partial charge in [0.25, 0.3) is 0 Å². The quantitative estimate of drug-likeness (QED) is 0.372. The Hall–Kier alpha value is -0.530. The van der Waals surface area contributed by atoms with Crippen molar-refractivity contribution in [2.24, 2.45) is 4.99 Å². The zero-order valence-corrected chi connectivity index (χ0v) is 16.8. The minimum absolute atomic E-state index is 0. The van der Waals surface area contributed by atoms with Crippen LogP contribution in [0.4, 0.5) is 0 Å². The number of benzene rings is 1. The molecule has 0 aliphatic heterocycles. The summed E-state index contributed by atoms with van der Waals surface area (Å²) < 4.78 is 0. The first-order chi connectivity index (χ1) is 10.2. The van der Waals surface area contributed by atoms with E-state index in [1.807, 2.05) is 18.2 Å². The largest absolute Gasteiger partial charge is 0.357 e. The van der Waals surface area contributed by atoms with Crippen LogP contribution >= 0.6 is 35.6 Å². The second-order valence-electron chi connectivity index (χ2n) is 4.92. The summed E-state index contributed by atoms with van der Waals surface area (Å²) in [4.78, 5) is 6.82. The number of aliphatic imine (C=N–C) groups is 1. The zero-order chi connectivity index (χ0) is 15.5. The van der Waals surface area contributed by atoms with Crippen LogP contribution in [0, 0.1) is 0 Å². The lowest BCUT2D eigenvalue weighted by molar-refractivity contribution is 0.363. The molecule has 0 atom stereocenters. The summed E-state index contributed by atoms with van der Waals surface area (Å²) in [5.74, 6) is 0.869. The number of rotatable bonds is 8. The van der Waals surface area contributed by atoms with Crippen LogP contribution in [0.5, 0.6) is 0 Å². The number of nitrogens with one attached hydrogen (secondary N) is 2. The number of hydrogen-bond donors (Lipinski definition) is 2. The summed E-state index contributed by atoms with van der Waals surface area (Å²) >= 11 is 6.16. The van der Waals surface area contributed by atoms with Gasteiger partial charge in [0.05, 0.1) is 6.54 Å². The van der Waals surface area contributed by atoms with E-state index in [1.165, 1.54) is 0 Å². The lowest BCUT2D eigenvalue weighted by Gasteiger charge is -2.14. The van der Waals surface area contributed by atoms with Crippen molar-refractivity contribution in [3.8, 4) is 0 Å². The van der Waals surface area contributed by atoms with Gasteiger partial charge >= 0.3 is 0 Å². The first-order valence-electron chi connectivity index (χ1n) is 7.61. The van der Waals surface area contributed by atoms with Crippen LogP contribution in [-0.2, 0) is 6.42 Å². The van der Waals surface area contributed by atoms with Gasteiger partial charge in [-0.3, -0.25) is 4.99 Å². The predicted molar refractivity (Wildman–Crippen MR) is 108 cm³/mol. The van der Waals surface area contributed by atoms with Gasteiger partial charge in [-0.15, -0.1) is 24.0 Å². The molecule has 0 aliphatic rings. The van der Waals surface area contributed by atoms with Crippen molar-refractivity contribution in [2.45, 2.75) is 20.3 Å². The Kier molecular flexibility index (Phi) is 12.6. The Bertz CT molecular complexity index is 440. The molecule has 0 saturated carbocycles. The fraction of sp³-hybridized carbons (Fsp3) is 0.562. The van der Waals surface area contributed by atoms with Crippen LogP contribution in [0.1, 0.15) is 19.4 Å². The van der Waals surface area contributed by atoms with Crippen molar-refractivity contribution < 1.29 is 0 Å². The van der Waals surface area contributed by atoms with Gasteiger partial charge in [-0.1, -0.05) is 36.7 Å². The number of halogens is 2. The molecule has 4 nitrogen and oxygen atoms in total. The smallest absolute Gasteiger partial charge is 0.191 e. The van der Waals surface area contributed by atoms with Crippen LogP contribution in [0.2, 0.25) is 5.02 Å². The van der Waals surface area contributed by atoms with Crippen molar-refractivity contribution in [3.05, 3.63) is 34.9 Å². The molecule has 0 heterocycles. The lowest BCUT2D eigenvalue weighted by atomic mass is 10.1. The molecule has 0 saturated heterocycles. The van der Waals surface area contributed by atoms with Crippen molar-refractivity contribution in [3.63, 3.8) is 0 Å². The lowest BCUT2D eigenvalue weighted by Crippen LogP contribution is -2.39. The molecule has 0 spiro atoms. The third-order valence-electron chi connectivity index (χ3n) is 3.28. The normalized spacial score (nSPS) is 11.2. The van der Waals surface area contributed by atoms with Crippen LogP contribution in [0.3, 0.4) is 0 Å². The molecule has 1 rings (SSSR count). The highest BCUT2D eigenvalue weighted by Gasteiger charge is 2.01. The molecular weight excluding hydrogens is 411 g/mol. The van der Waals surface area contributed by atoms with E-state index in [0.717, 1.165) is 55.7 Å². The minimum atomic E-state index is 0. The van der Waals surface area contributed by atoms with Crippen molar-refractivity contribution in [1.29, 1.82) is 0 Å². The standard InChI is InChI=1S/C16H27ClN4.HI/c1-4-18-16(20-12-13-21(3)5-2)19-11-10-14-8-6-7-9-15(14)17;/h6-9H,4-5,10-13H2,1-3H3,(H2,18,19,20);1H. The first kappa shape index (κ1) is 21.5. The van der Waals surface area contributed by atoms with E-state index in [-0.39, 0.29) is 24.0 Å². The molecule has 6 heteroatoms. The molecule has 0 aliphatic carbocycles. The van der Waals surface area contributed by atoms with Gasteiger partial charge in [-0.05, 0) is 38.6 Å². The summed E-state index contributed by atoms with van der Waals surface area (Å²) in [5, 5.41) is 7.44. The van der Waals surface area contributed by atoms with Crippen molar-refractivity contribution in [2.75, 3.05) is 39.8 Å². The average molecular weight is 439 g/mol. The van der Waals surface area contributed by atoms with Gasteiger partial charge in [-0.25, -0.2) is 0 Å². The molecule has 2 N–H and O–H groups in total. The van der Waals surface area contributed by atoms with Gasteiger partial charge in [0.15, 0.2) is 5.96 Å². The van der Waals surface area contributed by atoms with Crippen LogP contribution in [0.25, 0.3) is 0 Å². The molecule has 0 aromatic heterocycles. The highest BCUT2D eigenvalue weighted by atomic mass is 127. The van der Waals surface area contributed by atoms with Gasteiger partial charge in [0.2, 0.25) is 0 Å². The maximum atomic E-state index is 6.16. The van der Waals surface area contributed by atoms with E-state index in [4.69, 9.17) is 11.6 Å². The predicted octanol–water partition coefficient (Wildman–Crippen LogP) is 3.01. The van der Waals surface area contributed by atoms with Gasteiger partial charge in [-0.2, -0.15) is 0 Å². The van der Waals surface area contributed by atoms with Gasteiger partial charge in [0, 0.05) is 24.7 Å². The highest BCUT2D eigenvalue weighted by molar-refractivity contribution is 14.0. The Labute approximate surface area is 156 Å². The van der Waals surface area contributed by atoms with E-state index in [2.05, 4.69) is 47.5 Å². The number of nitrogens with zero attached hydrogens (tertiary/aromatic N) is 2. The molecule has 1 aromatic carbocycles. The third kappa shape index (κ3) is 8.80. The Balaban J connectivity index is 0.00000441. The summed E-state index contributed by atoms with van der Waals surface area (Å²) in [5.41, 5.74) is 1.16. The van der Waals surface area contributed by atoms with Crippen molar-refractivity contribution >= 4 is 41.5 Å². The summed E-state index contributed by atoms with van der Waals surface area (Å²) in [6.07, 6.45) is 0.888. The number of guanidine groups is 1. The van der Waals surface area contributed by atoms with Gasteiger partial charge < -0.3 is 15.5 Å². The topological polar surface area (TPSA) is 39.7 Å². The molecule has 22 heavy (non-hydrogen) atoms. The highest BCUT2D eigenvalue weighted by Crippen LogP contribution is 2.14. The van der Waals surface area contributed by atoms with Crippen LogP contribution in [-0.4, -0.2) is 50.6 Å². The fourth-order valence-electron chi connectivity index (χ4n) is 1.85. The van der Waals surface area contributed by atoms with Gasteiger partial charge in [0.1, 0.15) is 0 Å². The van der Waals surface area contributed by atoms with Crippen molar-refractivity contribution in [1.82, 2.24) is 15.5 Å². The Morgan fingerprint density at radius 2 is 1.95 bits per heavy atom. The van der Waals surface area contributed by atoms with E-state index < -0.39 is 0 Å². The average Bonchev–Trinajstić information content (AvgIpc) is 2.49. The first-order valence-corrected chi connectivity index (χ1v) is 7.99. The molecule has 0 amide bonds. The van der Waals surface area contributed by atoms with E-state index >= 15 is 0 Å². The second kappa shape index (κ2) is 13.0. The fourth-order valence-corrected chi connectivity index (χ4v) is 2.08. The monoisotopic (exact) mass is 438 g/mol. The van der Waals surface area contributed by atoms with E-state index in [1.54, 1.807) is 0 Å². The van der Waals surface area contributed by atoms with Crippen LogP contribution < -0.4 is 10.6 Å². The second-order valence-corrected chi connectivity index (χ2v) is 5.33. The maximum absolute atomic E-state index is 6.16. The summed E-state index contributed by atoms with van der Waals surface area (Å²) in [7, 11) is 2.10. The minimum Gasteiger partial charge on any atom is -0.357 e. The molecule has 0 radical (unpaired) electrons. The molecule has 1 aromatic rings. The van der Waals surface area contributed by atoms with E-state index in [9.17, 15) is 0 Å². The number of hydrogen-bond acceptors (Lipinski definition) is 2. The SMILES string of the molecule is CCNC(=NCCN(C)CC)NCCc1ccccc1Cl.I. The maximum Gasteiger partial charge on any atom is 0.191 e. The molecule has 0 unspecified atom stereocenters. The number of likely N-dealkylation sites (N-methyl/N-ethyl adjacent to an activating group) is 1. The molecular formula is C16H28ClIN4. The Morgan fingerprint density at radius 1 is 1.23 bits per heavy atom. The molecule has 126 valence electrons. The summed E-state index contributed by atoms with van der Waals surface area (Å²) in [6, 6.07) is 7.96. The van der Waals surface area contributed by atoms with E-state index in [0.29, 0.717) is 0 Å². The van der Waals surface area contributed by atoms with Crippen LogP contribution in [0.15, 0.2) is 29.3 Å².